The number of nitrogens with one attached hydrogen (secondary N) is 3. The van der Waals surface area contributed by atoms with E-state index in [4.69, 9.17) is 9.72 Å². The van der Waals surface area contributed by atoms with Gasteiger partial charge in [0.25, 0.3) is 0 Å². The number of methoxy groups -OCH3 is 1. The Hall–Kier alpha value is -3.33. The van der Waals surface area contributed by atoms with Gasteiger partial charge in [0, 0.05) is 50.5 Å². The molecule has 9 nitrogen and oxygen atoms in total. The summed E-state index contributed by atoms with van der Waals surface area (Å²) >= 11 is 0. The monoisotopic (exact) mass is 406 g/mol. The molecule has 2 aromatic heterocycles. The summed E-state index contributed by atoms with van der Waals surface area (Å²) in [6, 6.07) is 8.43. The molecule has 1 saturated heterocycles. The highest BCUT2D eigenvalue weighted by atomic mass is 16.5. The average Bonchev–Trinajstić information content (AvgIpc) is 3.28. The number of hydrogen-bond donors (Lipinski definition) is 3. The number of hydrogen-bond acceptors (Lipinski definition) is 8. The number of imidazole rings is 1. The molecule has 2 aliphatic heterocycles. The second kappa shape index (κ2) is 8.19. The number of aromatic nitrogens is 4. The van der Waals surface area contributed by atoms with Gasteiger partial charge in [-0.1, -0.05) is 0 Å². The number of rotatable bonds is 5. The lowest BCUT2D eigenvalue weighted by atomic mass is 10.1. The van der Waals surface area contributed by atoms with Crippen molar-refractivity contribution in [3.8, 4) is 5.75 Å². The van der Waals surface area contributed by atoms with Crippen LogP contribution < -0.4 is 25.2 Å². The lowest BCUT2D eigenvalue weighted by molar-refractivity contribution is 0.409. The first-order valence-electron chi connectivity index (χ1n) is 10.3. The fourth-order valence-corrected chi connectivity index (χ4v) is 3.99. The molecular formula is C21H26N8O. The first kappa shape index (κ1) is 18.7. The SMILES string of the molecule is COc1cnc(Nc2ccc(N3CCNCC3)cc2)nc1N1CCc2nc[nH]c2C1. The second-order valence-electron chi connectivity index (χ2n) is 7.49. The van der Waals surface area contributed by atoms with E-state index in [1.165, 1.54) is 5.69 Å². The summed E-state index contributed by atoms with van der Waals surface area (Å²) in [6.07, 6.45) is 4.35. The normalized spacial score (nSPS) is 16.3. The molecule has 3 N–H and O–H groups in total. The molecule has 156 valence electrons. The Kier molecular flexibility index (Phi) is 5.10. The Morgan fingerprint density at radius 1 is 1.03 bits per heavy atom. The molecule has 0 atom stereocenters. The molecule has 4 heterocycles. The number of H-pyrrole nitrogens is 1. The van der Waals surface area contributed by atoms with E-state index in [2.05, 4.69) is 59.7 Å². The highest BCUT2D eigenvalue weighted by Gasteiger charge is 2.23. The van der Waals surface area contributed by atoms with Crippen molar-refractivity contribution in [2.45, 2.75) is 13.0 Å². The van der Waals surface area contributed by atoms with E-state index in [0.717, 1.165) is 68.6 Å². The average molecular weight is 406 g/mol. The van der Waals surface area contributed by atoms with E-state index in [9.17, 15) is 0 Å². The molecule has 0 aliphatic carbocycles. The first-order chi connectivity index (χ1) is 14.8. The molecule has 5 rings (SSSR count). The summed E-state index contributed by atoms with van der Waals surface area (Å²) in [7, 11) is 1.65. The van der Waals surface area contributed by atoms with Crippen molar-refractivity contribution in [3.05, 3.63) is 48.2 Å². The van der Waals surface area contributed by atoms with Crippen LogP contribution in [0.2, 0.25) is 0 Å². The summed E-state index contributed by atoms with van der Waals surface area (Å²) < 4.78 is 5.53. The van der Waals surface area contributed by atoms with Crippen LogP contribution in [0.4, 0.5) is 23.1 Å². The van der Waals surface area contributed by atoms with Gasteiger partial charge < -0.3 is 30.2 Å². The number of anilines is 4. The maximum Gasteiger partial charge on any atom is 0.229 e. The summed E-state index contributed by atoms with van der Waals surface area (Å²) in [4.78, 5) is 21.4. The third kappa shape index (κ3) is 3.76. The Balaban J connectivity index is 1.33. The van der Waals surface area contributed by atoms with E-state index in [-0.39, 0.29) is 0 Å². The van der Waals surface area contributed by atoms with Crippen molar-refractivity contribution in [2.24, 2.45) is 0 Å². The number of ether oxygens (including phenoxy) is 1. The highest BCUT2D eigenvalue weighted by molar-refractivity contribution is 5.62. The number of aromatic amines is 1. The number of fused-ring (bicyclic) bond motifs is 1. The lowest BCUT2D eigenvalue weighted by Gasteiger charge is -2.29. The second-order valence-corrected chi connectivity index (χ2v) is 7.49. The van der Waals surface area contributed by atoms with Crippen molar-refractivity contribution < 1.29 is 4.74 Å². The van der Waals surface area contributed by atoms with Gasteiger partial charge in [0.2, 0.25) is 5.95 Å². The van der Waals surface area contributed by atoms with E-state index in [0.29, 0.717) is 11.7 Å². The predicted octanol–water partition coefficient (Wildman–Crippen LogP) is 1.92. The van der Waals surface area contributed by atoms with Gasteiger partial charge in [-0.25, -0.2) is 9.97 Å². The van der Waals surface area contributed by atoms with E-state index in [1.54, 1.807) is 19.6 Å². The largest absolute Gasteiger partial charge is 0.491 e. The van der Waals surface area contributed by atoms with Crippen molar-refractivity contribution in [1.29, 1.82) is 0 Å². The number of benzene rings is 1. The Morgan fingerprint density at radius 3 is 2.67 bits per heavy atom. The van der Waals surface area contributed by atoms with Crippen molar-refractivity contribution in [2.75, 3.05) is 55.0 Å². The van der Waals surface area contributed by atoms with Crippen molar-refractivity contribution in [1.82, 2.24) is 25.3 Å². The zero-order valence-corrected chi connectivity index (χ0v) is 17.1. The highest BCUT2D eigenvalue weighted by Crippen LogP contribution is 2.30. The molecule has 0 saturated carbocycles. The minimum absolute atomic E-state index is 0.552. The standard InChI is InChI=1S/C21H26N8O/c1-30-19-12-23-21(27-20(19)29-9-6-17-18(13-29)25-14-24-17)26-15-2-4-16(5-3-15)28-10-7-22-8-11-28/h2-5,12,14,22H,6-11,13H2,1H3,(H,24,25)(H,23,26,27). The maximum atomic E-state index is 5.53. The van der Waals surface area contributed by atoms with E-state index >= 15 is 0 Å². The van der Waals surface area contributed by atoms with Gasteiger partial charge >= 0.3 is 0 Å². The van der Waals surface area contributed by atoms with Crippen LogP contribution in [0.25, 0.3) is 0 Å². The molecule has 2 aliphatic rings. The summed E-state index contributed by atoms with van der Waals surface area (Å²) in [5.74, 6) is 2.00. The van der Waals surface area contributed by atoms with Crippen LogP contribution in [0.15, 0.2) is 36.8 Å². The van der Waals surface area contributed by atoms with Crippen molar-refractivity contribution in [3.63, 3.8) is 0 Å². The Labute approximate surface area is 175 Å². The Morgan fingerprint density at radius 2 is 1.87 bits per heavy atom. The molecule has 1 fully saturated rings. The minimum atomic E-state index is 0.552. The molecule has 30 heavy (non-hydrogen) atoms. The van der Waals surface area contributed by atoms with Gasteiger partial charge in [-0.05, 0) is 24.3 Å². The maximum absolute atomic E-state index is 5.53. The van der Waals surface area contributed by atoms with Gasteiger partial charge in [-0.3, -0.25) is 0 Å². The van der Waals surface area contributed by atoms with Gasteiger partial charge in [-0.2, -0.15) is 4.98 Å². The molecule has 3 aromatic rings. The van der Waals surface area contributed by atoms with Gasteiger partial charge in [0.15, 0.2) is 11.6 Å². The van der Waals surface area contributed by atoms with Crippen LogP contribution >= 0.6 is 0 Å². The molecule has 1 aromatic carbocycles. The summed E-state index contributed by atoms with van der Waals surface area (Å²) in [5, 5.41) is 6.71. The zero-order valence-electron chi connectivity index (χ0n) is 17.1. The molecular weight excluding hydrogens is 380 g/mol. The predicted molar refractivity (Wildman–Crippen MR) is 117 cm³/mol. The third-order valence-corrected chi connectivity index (χ3v) is 5.64. The lowest BCUT2D eigenvalue weighted by Crippen LogP contribution is -2.43. The topological polar surface area (TPSA) is 94.2 Å². The fraction of sp³-hybridized carbons (Fsp3) is 0.381. The molecule has 0 radical (unpaired) electrons. The first-order valence-corrected chi connectivity index (χ1v) is 10.3. The van der Waals surface area contributed by atoms with Crippen LogP contribution in [0.3, 0.4) is 0 Å². The van der Waals surface area contributed by atoms with Crippen LogP contribution in [0.5, 0.6) is 5.75 Å². The number of nitrogens with zero attached hydrogens (tertiary/aromatic N) is 5. The van der Waals surface area contributed by atoms with E-state index < -0.39 is 0 Å². The van der Waals surface area contributed by atoms with Gasteiger partial charge in [0.05, 0.1) is 37.6 Å². The van der Waals surface area contributed by atoms with Crippen LogP contribution in [0.1, 0.15) is 11.4 Å². The smallest absolute Gasteiger partial charge is 0.229 e. The fourth-order valence-electron chi connectivity index (χ4n) is 3.99. The quantitative estimate of drug-likeness (QED) is 0.592. The van der Waals surface area contributed by atoms with Gasteiger partial charge in [0.1, 0.15) is 0 Å². The molecule has 0 unspecified atom stereocenters. The molecule has 0 bridgehead atoms. The van der Waals surface area contributed by atoms with Crippen LogP contribution in [-0.2, 0) is 13.0 Å². The third-order valence-electron chi connectivity index (χ3n) is 5.64. The molecule has 9 heteroatoms. The summed E-state index contributed by atoms with van der Waals surface area (Å²) in [5.41, 5.74) is 4.45. The number of piperazine rings is 1. The van der Waals surface area contributed by atoms with Gasteiger partial charge in [-0.15, -0.1) is 0 Å². The molecule has 0 amide bonds. The Bertz CT molecular complexity index is 996. The van der Waals surface area contributed by atoms with Crippen LogP contribution in [-0.4, -0.2) is 59.8 Å². The molecule has 0 spiro atoms. The zero-order chi connectivity index (χ0) is 20.3. The van der Waals surface area contributed by atoms with E-state index in [1.807, 2.05) is 0 Å². The van der Waals surface area contributed by atoms with Crippen LogP contribution in [0, 0.1) is 0 Å². The van der Waals surface area contributed by atoms with Crippen molar-refractivity contribution >= 4 is 23.1 Å². The summed E-state index contributed by atoms with van der Waals surface area (Å²) in [6.45, 7) is 5.68. The minimum Gasteiger partial charge on any atom is -0.491 e.